The van der Waals surface area contributed by atoms with Crippen LogP contribution in [0.25, 0.3) is 0 Å². The number of allylic oxidation sites excluding steroid dienone is 1. The summed E-state index contributed by atoms with van der Waals surface area (Å²) < 4.78 is 4.57. The van der Waals surface area contributed by atoms with Crippen LogP contribution in [-0.4, -0.2) is 11.8 Å². The van der Waals surface area contributed by atoms with E-state index >= 15 is 0 Å². The zero-order chi connectivity index (χ0) is 7.28. The fourth-order valence-electron chi connectivity index (χ4n) is 0.323. The molecule has 0 unspecified atom stereocenters. The summed E-state index contributed by atoms with van der Waals surface area (Å²) in [5.74, 6) is 0.383. The zero-order valence-electron chi connectivity index (χ0n) is 5.32. The average molecular weight is 149 g/mol. The molecule has 3 heteroatoms. The molecule has 2 nitrogen and oxygen atoms in total. The Morgan fingerprint density at radius 1 is 1.78 bits per heavy atom. The second kappa shape index (κ2) is 4.39. The van der Waals surface area contributed by atoms with Gasteiger partial charge in [0.15, 0.2) is 0 Å². The van der Waals surface area contributed by atoms with E-state index < -0.39 is 0 Å². The van der Waals surface area contributed by atoms with Crippen molar-refractivity contribution in [3.05, 3.63) is 12.3 Å². The smallest absolute Gasteiger partial charge is 0.312 e. The van der Waals surface area contributed by atoms with E-state index in [0.717, 1.165) is 0 Å². The number of hydrogen-bond acceptors (Lipinski definition) is 2. The maximum Gasteiger partial charge on any atom is 0.312 e. The number of esters is 1. The van der Waals surface area contributed by atoms with E-state index in [4.69, 9.17) is 11.6 Å². The van der Waals surface area contributed by atoms with Crippen molar-refractivity contribution in [2.75, 3.05) is 5.88 Å². The van der Waals surface area contributed by atoms with Gasteiger partial charge in [-0.3, -0.25) is 4.79 Å². The highest BCUT2D eigenvalue weighted by Gasteiger charge is 1.99. The Bertz CT molecular complexity index is 120. The van der Waals surface area contributed by atoms with Crippen LogP contribution in [0.3, 0.4) is 0 Å². The molecule has 0 bridgehead atoms. The van der Waals surface area contributed by atoms with Crippen molar-refractivity contribution in [2.24, 2.45) is 0 Å². The molecule has 0 atom stereocenters. The minimum absolute atomic E-state index is 0.244. The van der Waals surface area contributed by atoms with Crippen molar-refractivity contribution in [3.8, 4) is 0 Å². The maximum atomic E-state index is 10.5. The third-order valence-electron chi connectivity index (χ3n) is 0.587. The monoisotopic (exact) mass is 148 g/mol. The number of carbonyl (C=O) groups is 1. The molecule has 0 radical (unpaired) electrons. The number of ether oxygens (including phenoxy) is 1. The van der Waals surface area contributed by atoms with Gasteiger partial charge in [-0.25, -0.2) is 0 Å². The van der Waals surface area contributed by atoms with Gasteiger partial charge < -0.3 is 4.74 Å². The standard InChI is InChI=1S/C6H9ClO2/c1-5(2)9-6(8)3-4-7/h1,3-4H2,2H3. The van der Waals surface area contributed by atoms with Gasteiger partial charge in [0.25, 0.3) is 0 Å². The third-order valence-corrected chi connectivity index (χ3v) is 0.776. The van der Waals surface area contributed by atoms with Crippen LogP contribution in [0.15, 0.2) is 12.3 Å². The summed E-state index contributed by atoms with van der Waals surface area (Å²) in [5.41, 5.74) is 0. The van der Waals surface area contributed by atoms with Crippen LogP contribution < -0.4 is 0 Å². The second-order valence-electron chi connectivity index (χ2n) is 1.62. The molecule has 0 aromatic rings. The summed E-state index contributed by atoms with van der Waals surface area (Å²) in [5, 5.41) is 0. The molecule has 0 N–H and O–H groups in total. The number of hydrogen-bond donors (Lipinski definition) is 0. The van der Waals surface area contributed by atoms with Gasteiger partial charge in [0, 0.05) is 5.88 Å². The van der Waals surface area contributed by atoms with Crippen molar-refractivity contribution >= 4 is 17.6 Å². The minimum Gasteiger partial charge on any atom is -0.432 e. The molecule has 9 heavy (non-hydrogen) atoms. The Morgan fingerprint density at radius 2 is 2.33 bits per heavy atom. The van der Waals surface area contributed by atoms with Gasteiger partial charge in [-0.15, -0.1) is 11.6 Å². The van der Waals surface area contributed by atoms with Gasteiger partial charge in [0.2, 0.25) is 0 Å². The molecule has 0 aromatic heterocycles. The van der Waals surface area contributed by atoms with Crippen LogP contribution in [0.1, 0.15) is 13.3 Å². The molecular formula is C6H9ClO2. The van der Waals surface area contributed by atoms with Crippen molar-refractivity contribution in [1.82, 2.24) is 0 Å². The van der Waals surface area contributed by atoms with Gasteiger partial charge in [-0.05, 0) is 6.92 Å². The summed E-state index contributed by atoms with van der Waals surface area (Å²) in [6.45, 7) is 5.01. The lowest BCUT2D eigenvalue weighted by Gasteiger charge is -1.98. The highest BCUT2D eigenvalue weighted by molar-refractivity contribution is 6.18. The molecule has 0 rings (SSSR count). The van der Waals surface area contributed by atoms with Crippen LogP contribution in [0.4, 0.5) is 0 Å². The largest absolute Gasteiger partial charge is 0.432 e. The van der Waals surface area contributed by atoms with Gasteiger partial charge in [0.1, 0.15) is 0 Å². The fraction of sp³-hybridized carbons (Fsp3) is 0.500. The third kappa shape index (κ3) is 5.37. The lowest BCUT2D eigenvalue weighted by atomic mass is 10.5. The van der Waals surface area contributed by atoms with E-state index in [2.05, 4.69) is 11.3 Å². The van der Waals surface area contributed by atoms with E-state index in [1.165, 1.54) is 0 Å². The first-order valence-corrected chi connectivity index (χ1v) is 3.12. The number of alkyl halides is 1. The van der Waals surface area contributed by atoms with Gasteiger partial charge >= 0.3 is 5.97 Å². The average Bonchev–Trinajstić information content (AvgIpc) is 1.63. The molecule has 0 aliphatic heterocycles. The Balaban J connectivity index is 3.39. The first kappa shape index (κ1) is 8.50. The number of carbonyl (C=O) groups excluding carboxylic acids is 1. The van der Waals surface area contributed by atoms with Crippen molar-refractivity contribution in [3.63, 3.8) is 0 Å². The Morgan fingerprint density at radius 3 is 2.67 bits per heavy atom. The van der Waals surface area contributed by atoms with E-state index in [1.54, 1.807) is 6.92 Å². The van der Waals surface area contributed by atoms with Crippen LogP contribution in [0.2, 0.25) is 0 Å². The molecule has 0 aliphatic carbocycles. The van der Waals surface area contributed by atoms with Crippen LogP contribution in [0, 0.1) is 0 Å². The Kier molecular flexibility index (Phi) is 4.14. The number of halogens is 1. The highest BCUT2D eigenvalue weighted by Crippen LogP contribution is 1.95. The molecule has 0 saturated carbocycles. The van der Waals surface area contributed by atoms with Crippen molar-refractivity contribution in [1.29, 1.82) is 0 Å². The van der Waals surface area contributed by atoms with E-state index in [-0.39, 0.29) is 12.4 Å². The summed E-state index contributed by atoms with van der Waals surface area (Å²) >= 11 is 5.25. The predicted octanol–water partition coefficient (Wildman–Crippen LogP) is 1.69. The van der Waals surface area contributed by atoms with Crippen molar-refractivity contribution < 1.29 is 9.53 Å². The van der Waals surface area contributed by atoms with Gasteiger partial charge in [-0.1, -0.05) is 6.58 Å². The maximum absolute atomic E-state index is 10.5. The Labute approximate surface area is 59.5 Å². The summed E-state index contributed by atoms with van der Waals surface area (Å²) in [6.07, 6.45) is 0.244. The van der Waals surface area contributed by atoms with Crippen LogP contribution in [-0.2, 0) is 9.53 Å². The lowest BCUT2D eigenvalue weighted by molar-refractivity contribution is -0.138. The SMILES string of the molecule is C=C(C)OC(=O)CCCl. The second-order valence-corrected chi connectivity index (χ2v) is 1.99. The zero-order valence-corrected chi connectivity index (χ0v) is 6.07. The molecular weight excluding hydrogens is 140 g/mol. The van der Waals surface area contributed by atoms with E-state index in [1.807, 2.05) is 0 Å². The molecule has 0 amide bonds. The summed E-state index contributed by atoms with van der Waals surface area (Å²) in [4.78, 5) is 10.5. The molecule has 52 valence electrons. The van der Waals surface area contributed by atoms with Gasteiger partial charge in [-0.2, -0.15) is 0 Å². The van der Waals surface area contributed by atoms with E-state index in [0.29, 0.717) is 11.6 Å². The Hall–Kier alpha value is -0.500. The van der Waals surface area contributed by atoms with Crippen molar-refractivity contribution in [2.45, 2.75) is 13.3 Å². The number of rotatable bonds is 3. The molecule has 0 saturated heterocycles. The van der Waals surface area contributed by atoms with Gasteiger partial charge in [0.05, 0.1) is 12.2 Å². The lowest BCUT2D eigenvalue weighted by Crippen LogP contribution is -2.01. The molecule has 0 heterocycles. The van der Waals surface area contributed by atoms with E-state index in [9.17, 15) is 4.79 Å². The molecule has 0 fully saturated rings. The normalized spacial score (nSPS) is 8.67. The minimum atomic E-state index is -0.322. The summed E-state index contributed by atoms with van der Waals surface area (Å²) in [6, 6.07) is 0. The van der Waals surface area contributed by atoms with Crippen LogP contribution in [0.5, 0.6) is 0 Å². The van der Waals surface area contributed by atoms with Crippen LogP contribution >= 0.6 is 11.6 Å². The fourth-order valence-corrected chi connectivity index (χ4v) is 0.477. The predicted molar refractivity (Wildman–Crippen MR) is 36.2 cm³/mol. The molecule has 0 aromatic carbocycles. The first-order valence-electron chi connectivity index (χ1n) is 2.59. The molecule has 0 spiro atoms. The first-order chi connectivity index (χ1) is 4.16. The molecule has 0 aliphatic rings. The summed E-state index contributed by atoms with van der Waals surface area (Å²) in [7, 11) is 0. The topological polar surface area (TPSA) is 26.3 Å². The quantitative estimate of drug-likeness (QED) is 0.346. The highest BCUT2D eigenvalue weighted by atomic mass is 35.5.